The zero-order valence-corrected chi connectivity index (χ0v) is 14.4. The molecule has 0 spiro atoms. The molecular formula is C19H22F3NO3. The van der Waals surface area contributed by atoms with Gasteiger partial charge in [0, 0.05) is 18.2 Å². The molecule has 1 aromatic rings. The number of hydrogen-bond acceptors (Lipinski definition) is 4. The van der Waals surface area contributed by atoms with Crippen LogP contribution in [0.3, 0.4) is 0 Å². The summed E-state index contributed by atoms with van der Waals surface area (Å²) in [6.45, 7) is 0.208. The highest BCUT2D eigenvalue weighted by molar-refractivity contribution is 5.93. The van der Waals surface area contributed by atoms with Crippen molar-refractivity contribution in [3.05, 3.63) is 29.3 Å². The van der Waals surface area contributed by atoms with Crippen molar-refractivity contribution in [3.8, 4) is 5.75 Å². The van der Waals surface area contributed by atoms with Crippen molar-refractivity contribution in [1.29, 1.82) is 0 Å². The molecule has 142 valence electrons. The van der Waals surface area contributed by atoms with E-state index < -0.39 is 11.6 Å². The topological polar surface area (TPSA) is 47.6 Å². The van der Waals surface area contributed by atoms with E-state index in [2.05, 4.69) is 5.32 Å². The van der Waals surface area contributed by atoms with Gasteiger partial charge in [-0.1, -0.05) is 6.42 Å². The van der Waals surface area contributed by atoms with E-state index in [1.807, 2.05) is 0 Å². The summed E-state index contributed by atoms with van der Waals surface area (Å²) in [5, 5.41) is 3.14. The monoisotopic (exact) mass is 369 g/mol. The molecule has 2 fully saturated rings. The van der Waals surface area contributed by atoms with Crippen LogP contribution >= 0.6 is 0 Å². The Labute approximate surface area is 150 Å². The van der Waals surface area contributed by atoms with Gasteiger partial charge in [-0.25, -0.2) is 4.79 Å². The van der Waals surface area contributed by atoms with Crippen LogP contribution in [0.1, 0.15) is 54.4 Å². The van der Waals surface area contributed by atoms with Crippen LogP contribution in [-0.2, 0) is 11.3 Å². The number of esters is 1. The van der Waals surface area contributed by atoms with Gasteiger partial charge < -0.3 is 14.8 Å². The van der Waals surface area contributed by atoms with E-state index in [0.29, 0.717) is 11.3 Å². The molecule has 1 aliphatic heterocycles. The zero-order valence-electron chi connectivity index (χ0n) is 14.4. The van der Waals surface area contributed by atoms with Crippen molar-refractivity contribution in [2.45, 2.75) is 63.5 Å². The first kappa shape index (κ1) is 17.6. The fourth-order valence-electron chi connectivity index (χ4n) is 3.87. The van der Waals surface area contributed by atoms with Gasteiger partial charge in [0.15, 0.2) is 0 Å². The summed E-state index contributed by atoms with van der Waals surface area (Å²) in [6, 6.07) is 5.13. The number of hydrogen-bond donors (Lipinski definition) is 1. The number of carbonyl (C=O) groups excluding carboxylic acids is 1. The largest absolute Gasteiger partial charge is 0.489 e. The Morgan fingerprint density at radius 3 is 2.73 bits per heavy atom. The third-order valence-electron chi connectivity index (χ3n) is 5.80. The molecule has 0 amide bonds. The predicted octanol–water partition coefficient (Wildman–Crippen LogP) is 3.98. The quantitative estimate of drug-likeness (QED) is 0.798. The molecule has 0 bridgehead atoms. The summed E-state index contributed by atoms with van der Waals surface area (Å²) >= 11 is 0. The third-order valence-corrected chi connectivity index (χ3v) is 5.80. The van der Waals surface area contributed by atoms with Crippen LogP contribution in [-0.4, -0.2) is 30.8 Å². The highest BCUT2D eigenvalue weighted by Crippen LogP contribution is 2.57. The van der Waals surface area contributed by atoms with E-state index in [0.717, 1.165) is 31.2 Å². The van der Waals surface area contributed by atoms with E-state index in [9.17, 15) is 18.0 Å². The number of halogens is 3. The van der Waals surface area contributed by atoms with E-state index in [4.69, 9.17) is 9.47 Å². The van der Waals surface area contributed by atoms with Gasteiger partial charge in [0.05, 0.1) is 11.0 Å². The van der Waals surface area contributed by atoms with E-state index in [1.165, 1.54) is 0 Å². The van der Waals surface area contributed by atoms with Gasteiger partial charge in [-0.05, 0) is 50.3 Å². The van der Waals surface area contributed by atoms with Gasteiger partial charge in [0.25, 0.3) is 0 Å². The first-order valence-corrected chi connectivity index (χ1v) is 9.15. The van der Waals surface area contributed by atoms with E-state index in [1.54, 1.807) is 18.2 Å². The van der Waals surface area contributed by atoms with Crippen LogP contribution in [0.2, 0.25) is 0 Å². The number of ether oxygens (including phenoxy) is 2. The average Bonchev–Trinajstić information content (AvgIpc) is 3.33. The van der Waals surface area contributed by atoms with Crippen molar-refractivity contribution < 1.29 is 27.4 Å². The van der Waals surface area contributed by atoms with Gasteiger partial charge in [-0.15, -0.1) is 0 Å². The van der Waals surface area contributed by atoms with Crippen molar-refractivity contribution in [1.82, 2.24) is 5.32 Å². The van der Waals surface area contributed by atoms with Crippen LogP contribution in [0.4, 0.5) is 13.2 Å². The number of fused-ring (bicyclic) bond motifs is 1. The number of nitrogens with one attached hydrogen (secondary N) is 1. The number of carbonyl (C=O) groups is 1. The second kappa shape index (κ2) is 6.44. The molecule has 1 aromatic carbocycles. The van der Waals surface area contributed by atoms with Gasteiger partial charge in [-0.2, -0.15) is 13.2 Å². The third kappa shape index (κ3) is 3.29. The molecule has 4 rings (SSSR count). The Hall–Kier alpha value is -1.76. The summed E-state index contributed by atoms with van der Waals surface area (Å²) in [5.41, 5.74) is -0.196. The Kier molecular flexibility index (Phi) is 4.37. The molecule has 2 atom stereocenters. The SMILES string of the molecule is O=C1OCc2cc(O[C@H]3CCCC[C@@H]3NCC3(C(F)(F)F)CC3)ccc21. The minimum absolute atomic E-state index is 0.0342. The molecule has 2 saturated carbocycles. The van der Waals surface area contributed by atoms with Crippen LogP contribution < -0.4 is 10.1 Å². The van der Waals surface area contributed by atoms with Gasteiger partial charge >= 0.3 is 12.1 Å². The summed E-state index contributed by atoms with van der Waals surface area (Å²) in [7, 11) is 0. The minimum atomic E-state index is -4.14. The van der Waals surface area contributed by atoms with E-state index >= 15 is 0 Å². The maximum atomic E-state index is 13.1. The summed E-state index contributed by atoms with van der Waals surface area (Å²) < 4.78 is 50.5. The van der Waals surface area contributed by atoms with Crippen LogP contribution in [0.5, 0.6) is 5.75 Å². The predicted molar refractivity (Wildman–Crippen MR) is 88.0 cm³/mol. The summed E-state index contributed by atoms with van der Waals surface area (Å²) in [5.74, 6) is 0.309. The van der Waals surface area contributed by atoms with E-state index in [-0.39, 0.29) is 44.1 Å². The van der Waals surface area contributed by atoms with Crippen LogP contribution in [0.15, 0.2) is 18.2 Å². The Morgan fingerprint density at radius 2 is 2.00 bits per heavy atom. The number of cyclic esters (lactones) is 1. The maximum Gasteiger partial charge on any atom is 0.395 e. The smallest absolute Gasteiger partial charge is 0.395 e. The highest BCUT2D eigenvalue weighted by atomic mass is 19.4. The molecular weight excluding hydrogens is 347 g/mol. The summed E-state index contributed by atoms with van der Waals surface area (Å²) in [6.07, 6.45) is -0.278. The Balaban J connectivity index is 1.41. The van der Waals surface area contributed by atoms with Gasteiger partial charge in [0.1, 0.15) is 18.5 Å². The van der Waals surface area contributed by atoms with Crippen molar-refractivity contribution >= 4 is 5.97 Å². The van der Waals surface area contributed by atoms with Gasteiger partial charge in [-0.3, -0.25) is 0 Å². The minimum Gasteiger partial charge on any atom is -0.489 e. The van der Waals surface area contributed by atoms with Crippen LogP contribution in [0, 0.1) is 5.41 Å². The Morgan fingerprint density at radius 1 is 1.23 bits per heavy atom. The lowest BCUT2D eigenvalue weighted by molar-refractivity contribution is -0.186. The molecule has 1 heterocycles. The van der Waals surface area contributed by atoms with Crippen LogP contribution in [0.25, 0.3) is 0 Å². The normalized spacial score (nSPS) is 27.0. The fraction of sp³-hybridized carbons (Fsp3) is 0.632. The van der Waals surface area contributed by atoms with Gasteiger partial charge in [0.2, 0.25) is 0 Å². The van der Waals surface area contributed by atoms with Crippen molar-refractivity contribution in [3.63, 3.8) is 0 Å². The first-order valence-electron chi connectivity index (χ1n) is 9.15. The first-order chi connectivity index (χ1) is 12.4. The number of rotatable bonds is 5. The number of alkyl halides is 3. The zero-order chi connectivity index (χ0) is 18.4. The second-order valence-electron chi connectivity index (χ2n) is 7.60. The Bertz CT molecular complexity index is 700. The molecule has 7 heteroatoms. The van der Waals surface area contributed by atoms with Crippen molar-refractivity contribution in [2.24, 2.45) is 5.41 Å². The van der Waals surface area contributed by atoms with Crippen molar-refractivity contribution in [2.75, 3.05) is 6.54 Å². The molecule has 26 heavy (non-hydrogen) atoms. The lowest BCUT2D eigenvalue weighted by Crippen LogP contribution is -2.49. The molecule has 0 aromatic heterocycles. The fourth-order valence-corrected chi connectivity index (χ4v) is 3.87. The standard InChI is InChI=1S/C19H22F3NO3/c20-19(21,22)18(7-8-18)11-23-15-3-1-2-4-16(15)26-13-5-6-14-12(9-13)10-25-17(14)24/h5-6,9,15-16,23H,1-4,7-8,10-11H2/t15-,16-/m0/s1. The lowest BCUT2D eigenvalue weighted by atomic mass is 9.91. The highest BCUT2D eigenvalue weighted by Gasteiger charge is 2.62. The average molecular weight is 369 g/mol. The summed E-state index contributed by atoms with van der Waals surface area (Å²) in [4.78, 5) is 11.5. The molecule has 0 unspecified atom stereocenters. The molecule has 0 radical (unpaired) electrons. The molecule has 3 aliphatic rings. The molecule has 1 N–H and O–H groups in total. The lowest BCUT2D eigenvalue weighted by Gasteiger charge is -2.34. The molecule has 0 saturated heterocycles. The molecule has 2 aliphatic carbocycles. The number of benzene rings is 1. The molecule has 4 nitrogen and oxygen atoms in total. The maximum absolute atomic E-state index is 13.1. The second-order valence-corrected chi connectivity index (χ2v) is 7.60.